The standard InChI is InChI=1S/C11H12ClFN4O2S/c1-6-8(5-14)11(16-15-6)20(18,19)17-7-2-3-10(13)9(12)4-7/h2-4,17H,5,14H2,1H3,(H,15,16). The zero-order valence-corrected chi connectivity index (χ0v) is 12.0. The van der Waals surface area contributed by atoms with Crippen molar-refractivity contribution >= 4 is 27.3 Å². The van der Waals surface area contributed by atoms with Crippen LogP contribution in [0.15, 0.2) is 23.2 Å². The molecule has 0 unspecified atom stereocenters. The maximum atomic E-state index is 13.0. The summed E-state index contributed by atoms with van der Waals surface area (Å²) in [6.07, 6.45) is 0. The van der Waals surface area contributed by atoms with Crippen molar-refractivity contribution in [3.63, 3.8) is 0 Å². The molecule has 9 heteroatoms. The molecule has 0 aliphatic heterocycles. The van der Waals surface area contributed by atoms with E-state index in [2.05, 4.69) is 14.9 Å². The number of benzene rings is 1. The molecule has 6 nitrogen and oxygen atoms in total. The number of hydrogen-bond donors (Lipinski definition) is 3. The van der Waals surface area contributed by atoms with Gasteiger partial charge in [-0.1, -0.05) is 11.6 Å². The summed E-state index contributed by atoms with van der Waals surface area (Å²) in [6, 6.07) is 3.51. The van der Waals surface area contributed by atoms with Crippen LogP contribution in [-0.4, -0.2) is 18.6 Å². The number of aryl methyl sites for hydroxylation is 1. The third-order valence-corrected chi connectivity index (χ3v) is 4.31. The molecule has 1 heterocycles. The number of nitrogens with one attached hydrogen (secondary N) is 2. The maximum Gasteiger partial charge on any atom is 0.281 e. The van der Waals surface area contributed by atoms with E-state index in [-0.39, 0.29) is 22.3 Å². The fraction of sp³-hybridized carbons (Fsp3) is 0.182. The molecule has 0 saturated heterocycles. The zero-order chi connectivity index (χ0) is 14.9. The zero-order valence-electron chi connectivity index (χ0n) is 10.4. The Balaban J connectivity index is 2.38. The van der Waals surface area contributed by atoms with Gasteiger partial charge in [-0.05, 0) is 25.1 Å². The Morgan fingerprint density at radius 3 is 2.80 bits per heavy atom. The second-order valence-electron chi connectivity index (χ2n) is 4.07. The van der Waals surface area contributed by atoms with Crippen LogP contribution in [0, 0.1) is 12.7 Å². The molecule has 1 aromatic heterocycles. The van der Waals surface area contributed by atoms with E-state index in [4.69, 9.17) is 17.3 Å². The second kappa shape index (κ2) is 5.39. The summed E-state index contributed by atoms with van der Waals surface area (Å²) >= 11 is 5.60. The number of halogens is 2. The van der Waals surface area contributed by atoms with Crippen molar-refractivity contribution in [2.45, 2.75) is 18.5 Å². The van der Waals surface area contributed by atoms with Crippen molar-refractivity contribution in [2.24, 2.45) is 5.73 Å². The fourth-order valence-electron chi connectivity index (χ4n) is 1.66. The topological polar surface area (TPSA) is 101 Å². The van der Waals surface area contributed by atoms with Gasteiger partial charge in [0.1, 0.15) is 5.82 Å². The maximum absolute atomic E-state index is 13.0. The van der Waals surface area contributed by atoms with E-state index in [0.29, 0.717) is 11.3 Å². The van der Waals surface area contributed by atoms with E-state index in [1.165, 1.54) is 12.1 Å². The summed E-state index contributed by atoms with van der Waals surface area (Å²) in [6.45, 7) is 1.70. The Morgan fingerprint density at radius 1 is 1.50 bits per heavy atom. The molecule has 0 aliphatic rings. The van der Waals surface area contributed by atoms with Gasteiger partial charge in [0.05, 0.1) is 10.7 Å². The highest BCUT2D eigenvalue weighted by atomic mass is 35.5. The van der Waals surface area contributed by atoms with Crippen molar-refractivity contribution in [2.75, 3.05) is 4.72 Å². The molecule has 0 spiro atoms. The lowest BCUT2D eigenvalue weighted by Gasteiger charge is -2.08. The molecule has 0 amide bonds. The number of aromatic amines is 1. The first-order valence-electron chi connectivity index (χ1n) is 5.57. The van der Waals surface area contributed by atoms with Crippen LogP contribution >= 0.6 is 11.6 Å². The number of nitrogens with two attached hydrogens (primary N) is 1. The number of H-pyrrole nitrogens is 1. The van der Waals surface area contributed by atoms with Crippen LogP contribution in [-0.2, 0) is 16.6 Å². The highest BCUT2D eigenvalue weighted by molar-refractivity contribution is 7.92. The summed E-state index contributed by atoms with van der Waals surface area (Å²) in [7, 11) is -3.92. The average molecular weight is 319 g/mol. The Morgan fingerprint density at radius 2 is 2.20 bits per heavy atom. The molecule has 20 heavy (non-hydrogen) atoms. The van der Waals surface area contributed by atoms with Gasteiger partial charge >= 0.3 is 0 Å². The summed E-state index contributed by atoms with van der Waals surface area (Å²) in [4.78, 5) is 0. The SMILES string of the molecule is Cc1[nH]nc(S(=O)(=O)Nc2ccc(F)c(Cl)c2)c1CN. The van der Waals surface area contributed by atoms with Crippen molar-refractivity contribution in [3.05, 3.63) is 40.3 Å². The largest absolute Gasteiger partial charge is 0.326 e. The Bertz CT molecular complexity index is 745. The molecule has 1 aromatic carbocycles. The van der Waals surface area contributed by atoms with Gasteiger partial charge in [0.15, 0.2) is 0 Å². The summed E-state index contributed by atoms with van der Waals surface area (Å²) in [5.41, 5.74) is 6.61. The number of hydrogen-bond acceptors (Lipinski definition) is 4. The average Bonchev–Trinajstić information content (AvgIpc) is 2.75. The van der Waals surface area contributed by atoms with Gasteiger partial charge in [0.25, 0.3) is 10.0 Å². The minimum Gasteiger partial charge on any atom is -0.326 e. The predicted molar refractivity (Wildman–Crippen MR) is 73.4 cm³/mol. The van der Waals surface area contributed by atoms with Gasteiger partial charge < -0.3 is 5.73 Å². The molecule has 0 aliphatic carbocycles. The number of aromatic nitrogens is 2. The predicted octanol–water partition coefficient (Wildman–Crippen LogP) is 1.77. The first-order valence-corrected chi connectivity index (χ1v) is 7.43. The minimum absolute atomic E-state index is 0.0305. The van der Waals surface area contributed by atoms with Gasteiger partial charge in [-0.3, -0.25) is 9.82 Å². The first kappa shape index (κ1) is 14.8. The second-order valence-corrected chi connectivity index (χ2v) is 6.08. The third kappa shape index (κ3) is 2.77. The van der Waals surface area contributed by atoms with Crippen LogP contribution in [0.1, 0.15) is 11.3 Å². The monoisotopic (exact) mass is 318 g/mol. The molecule has 4 N–H and O–H groups in total. The van der Waals surface area contributed by atoms with E-state index < -0.39 is 15.8 Å². The Kier molecular flexibility index (Phi) is 3.98. The highest BCUT2D eigenvalue weighted by Gasteiger charge is 2.23. The third-order valence-electron chi connectivity index (χ3n) is 2.67. The van der Waals surface area contributed by atoms with Gasteiger partial charge in [-0.15, -0.1) is 0 Å². The molecule has 108 valence electrons. The molecule has 0 bridgehead atoms. The number of nitrogens with zero attached hydrogens (tertiary/aromatic N) is 1. The van der Waals surface area contributed by atoms with Gasteiger partial charge in [0.2, 0.25) is 5.03 Å². The highest BCUT2D eigenvalue weighted by Crippen LogP contribution is 2.23. The lowest BCUT2D eigenvalue weighted by molar-refractivity contribution is 0.595. The molecule has 2 aromatic rings. The normalized spacial score (nSPS) is 11.6. The molecule has 0 fully saturated rings. The molecule has 2 rings (SSSR count). The lowest BCUT2D eigenvalue weighted by Crippen LogP contribution is -2.16. The number of sulfonamides is 1. The van der Waals surface area contributed by atoms with Crippen LogP contribution in [0.25, 0.3) is 0 Å². The van der Waals surface area contributed by atoms with E-state index in [0.717, 1.165) is 6.07 Å². The van der Waals surface area contributed by atoms with Crippen LogP contribution in [0.2, 0.25) is 5.02 Å². The number of rotatable bonds is 4. The van der Waals surface area contributed by atoms with Crippen LogP contribution in [0.3, 0.4) is 0 Å². The van der Waals surface area contributed by atoms with Crippen LogP contribution < -0.4 is 10.5 Å². The minimum atomic E-state index is -3.92. The van der Waals surface area contributed by atoms with Gasteiger partial charge in [0, 0.05) is 17.8 Å². The molecular formula is C11H12ClFN4O2S. The van der Waals surface area contributed by atoms with Crippen molar-refractivity contribution in [1.29, 1.82) is 0 Å². The van der Waals surface area contributed by atoms with Crippen LogP contribution in [0.5, 0.6) is 0 Å². The molecule has 0 radical (unpaired) electrons. The van der Waals surface area contributed by atoms with Crippen molar-refractivity contribution in [1.82, 2.24) is 10.2 Å². The van der Waals surface area contributed by atoms with Crippen molar-refractivity contribution in [3.8, 4) is 0 Å². The van der Waals surface area contributed by atoms with Gasteiger partial charge in [-0.25, -0.2) is 4.39 Å². The van der Waals surface area contributed by atoms with E-state index in [9.17, 15) is 12.8 Å². The van der Waals surface area contributed by atoms with E-state index in [1.807, 2.05) is 0 Å². The number of anilines is 1. The summed E-state index contributed by atoms with van der Waals surface area (Å²) in [5, 5.41) is 5.94. The summed E-state index contributed by atoms with van der Waals surface area (Å²) < 4.78 is 39.7. The lowest BCUT2D eigenvalue weighted by atomic mass is 10.3. The fourth-order valence-corrected chi connectivity index (χ4v) is 3.10. The van der Waals surface area contributed by atoms with E-state index >= 15 is 0 Å². The molecule has 0 saturated carbocycles. The van der Waals surface area contributed by atoms with E-state index in [1.54, 1.807) is 6.92 Å². The Hall–Kier alpha value is -1.64. The molecule has 0 atom stereocenters. The smallest absolute Gasteiger partial charge is 0.281 e. The van der Waals surface area contributed by atoms with Crippen LogP contribution in [0.4, 0.5) is 10.1 Å². The molecular weight excluding hydrogens is 307 g/mol. The van der Waals surface area contributed by atoms with Gasteiger partial charge in [-0.2, -0.15) is 13.5 Å². The first-order chi connectivity index (χ1) is 9.35. The Labute approximate surface area is 120 Å². The summed E-state index contributed by atoms with van der Waals surface area (Å²) in [5.74, 6) is -0.632. The quantitative estimate of drug-likeness (QED) is 0.799. The van der Waals surface area contributed by atoms with Crippen molar-refractivity contribution < 1.29 is 12.8 Å².